The van der Waals surface area contributed by atoms with E-state index >= 15 is 0 Å². The van der Waals surface area contributed by atoms with Gasteiger partial charge < -0.3 is 9.73 Å². The van der Waals surface area contributed by atoms with Crippen LogP contribution in [-0.4, -0.2) is 29.0 Å². The van der Waals surface area contributed by atoms with Gasteiger partial charge in [0.1, 0.15) is 0 Å². The van der Waals surface area contributed by atoms with Gasteiger partial charge in [0.05, 0.1) is 18.2 Å². The first-order valence-electron chi connectivity index (χ1n) is 8.78. The van der Waals surface area contributed by atoms with Gasteiger partial charge in [-0.1, -0.05) is 6.07 Å². The summed E-state index contributed by atoms with van der Waals surface area (Å²) in [5.74, 6) is 0. The molecule has 6 nitrogen and oxygen atoms in total. The number of thiazole rings is 1. The van der Waals surface area contributed by atoms with Crippen molar-refractivity contribution in [2.24, 2.45) is 0 Å². The number of benzene rings is 1. The summed E-state index contributed by atoms with van der Waals surface area (Å²) in [6, 6.07) is 7.82. The van der Waals surface area contributed by atoms with E-state index in [2.05, 4.69) is 41.4 Å². The monoisotopic (exact) mass is 384 g/mol. The zero-order chi connectivity index (χ0) is 19.4. The molecule has 0 aliphatic carbocycles. The summed E-state index contributed by atoms with van der Waals surface area (Å²) >= 11 is 1.42. The Hall–Kier alpha value is -2.64. The third-order valence-corrected chi connectivity index (χ3v) is 5.20. The molecule has 0 spiro atoms. The Labute approximate surface area is 163 Å². The molecule has 1 aromatic carbocycles. The molecule has 0 atom stereocenters. The van der Waals surface area contributed by atoms with Crippen molar-refractivity contribution in [2.75, 3.05) is 17.7 Å². The molecular weight excluding hydrogens is 360 g/mol. The molecular formula is C20H24N4O2S. The molecule has 2 amide bonds. The summed E-state index contributed by atoms with van der Waals surface area (Å²) in [6.45, 7) is 7.05. The number of amides is 2. The molecule has 0 bridgehead atoms. The highest BCUT2D eigenvalue weighted by atomic mass is 32.1. The molecule has 3 rings (SSSR count). The third-order valence-electron chi connectivity index (χ3n) is 4.39. The standard InChI is InChI=1S/C20H24N4O2S/c1-13(2)24(4)10-17-12-27-20(22-17)23-19(25)21-16-6-5-14(3)18(9-16)15-7-8-26-11-15/h5-9,11-13H,10H2,1-4H3,(H2,21,22,23,25). The summed E-state index contributed by atoms with van der Waals surface area (Å²) < 4.78 is 5.16. The van der Waals surface area contributed by atoms with Gasteiger partial charge in [0.25, 0.3) is 0 Å². The van der Waals surface area contributed by atoms with Crippen LogP contribution in [0.25, 0.3) is 11.1 Å². The predicted octanol–water partition coefficient (Wildman–Crippen LogP) is 5.20. The summed E-state index contributed by atoms with van der Waals surface area (Å²) in [7, 11) is 2.05. The van der Waals surface area contributed by atoms with Crippen molar-refractivity contribution in [3.05, 3.63) is 53.4 Å². The maximum atomic E-state index is 12.3. The number of nitrogens with zero attached hydrogens (tertiary/aromatic N) is 2. The molecule has 7 heteroatoms. The van der Waals surface area contributed by atoms with E-state index in [1.165, 1.54) is 11.3 Å². The van der Waals surface area contributed by atoms with Crippen molar-refractivity contribution < 1.29 is 9.21 Å². The molecule has 2 N–H and O–H groups in total. The highest BCUT2D eigenvalue weighted by Gasteiger charge is 2.11. The van der Waals surface area contributed by atoms with Crippen LogP contribution in [0.15, 0.2) is 46.6 Å². The van der Waals surface area contributed by atoms with E-state index in [0.29, 0.717) is 16.9 Å². The van der Waals surface area contributed by atoms with E-state index < -0.39 is 0 Å². The van der Waals surface area contributed by atoms with Crippen LogP contribution in [0.5, 0.6) is 0 Å². The second kappa shape index (κ2) is 8.37. The summed E-state index contributed by atoms with van der Waals surface area (Å²) in [5, 5.41) is 8.22. The van der Waals surface area contributed by atoms with Crippen LogP contribution >= 0.6 is 11.3 Å². The Bertz CT molecular complexity index is 903. The molecule has 0 radical (unpaired) electrons. The smallest absolute Gasteiger partial charge is 0.325 e. The number of anilines is 2. The lowest BCUT2D eigenvalue weighted by atomic mass is 10.0. The van der Waals surface area contributed by atoms with Gasteiger partial charge in [-0.3, -0.25) is 10.2 Å². The first-order chi connectivity index (χ1) is 12.9. The van der Waals surface area contributed by atoms with Crippen LogP contribution in [0, 0.1) is 6.92 Å². The van der Waals surface area contributed by atoms with Crippen LogP contribution < -0.4 is 10.6 Å². The fourth-order valence-corrected chi connectivity index (χ4v) is 3.26. The van der Waals surface area contributed by atoms with Crippen LogP contribution in [0.3, 0.4) is 0 Å². The Morgan fingerprint density at radius 3 is 2.81 bits per heavy atom. The predicted molar refractivity (Wildman–Crippen MR) is 110 cm³/mol. The second-order valence-electron chi connectivity index (χ2n) is 6.77. The first-order valence-corrected chi connectivity index (χ1v) is 9.66. The van der Waals surface area contributed by atoms with Crippen molar-refractivity contribution in [1.29, 1.82) is 0 Å². The Morgan fingerprint density at radius 1 is 1.30 bits per heavy atom. The Balaban J connectivity index is 1.63. The minimum atomic E-state index is -0.310. The number of aromatic nitrogens is 1. The molecule has 142 valence electrons. The van der Waals surface area contributed by atoms with Crippen molar-refractivity contribution in [3.63, 3.8) is 0 Å². The zero-order valence-corrected chi connectivity index (χ0v) is 16.8. The number of hydrogen-bond acceptors (Lipinski definition) is 5. The topological polar surface area (TPSA) is 70.4 Å². The minimum Gasteiger partial charge on any atom is -0.472 e. The van der Waals surface area contributed by atoms with Gasteiger partial charge in [-0.05, 0) is 57.1 Å². The molecule has 2 aromatic heterocycles. The van der Waals surface area contributed by atoms with E-state index in [1.807, 2.05) is 36.6 Å². The molecule has 0 aliphatic rings. The van der Waals surface area contributed by atoms with E-state index in [9.17, 15) is 4.79 Å². The molecule has 0 fully saturated rings. The molecule has 27 heavy (non-hydrogen) atoms. The minimum absolute atomic E-state index is 0.310. The average Bonchev–Trinajstić information content (AvgIpc) is 3.28. The highest BCUT2D eigenvalue weighted by molar-refractivity contribution is 7.13. The number of nitrogens with one attached hydrogen (secondary N) is 2. The summed E-state index contributed by atoms with van der Waals surface area (Å²) in [6.07, 6.45) is 3.33. The fraction of sp³-hybridized carbons (Fsp3) is 0.300. The maximum Gasteiger partial charge on any atom is 0.325 e. The van der Waals surface area contributed by atoms with Crippen molar-refractivity contribution in [1.82, 2.24) is 9.88 Å². The number of urea groups is 1. The van der Waals surface area contributed by atoms with Gasteiger partial charge >= 0.3 is 6.03 Å². The largest absolute Gasteiger partial charge is 0.472 e. The van der Waals surface area contributed by atoms with E-state index in [1.54, 1.807) is 12.5 Å². The van der Waals surface area contributed by atoms with Crippen LogP contribution in [0.2, 0.25) is 0 Å². The molecule has 0 saturated carbocycles. The van der Waals surface area contributed by atoms with Gasteiger partial charge in [-0.15, -0.1) is 11.3 Å². The van der Waals surface area contributed by atoms with E-state index in [4.69, 9.17) is 4.42 Å². The highest BCUT2D eigenvalue weighted by Crippen LogP contribution is 2.27. The lowest BCUT2D eigenvalue weighted by Crippen LogP contribution is -2.25. The average molecular weight is 385 g/mol. The molecule has 2 heterocycles. The summed E-state index contributed by atoms with van der Waals surface area (Å²) in [4.78, 5) is 19.0. The zero-order valence-electron chi connectivity index (χ0n) is 15.9. The summed E-state index contributed by atoms with van der Waals surface area (Å²) in [5.41, 5.74) is 4.78. The fourth-order valence-electron chi connectivity index (χ4n) is 2.56. The van der Waals surface area contributed by atoms with Crippen LogP contribution in [0.4, 0.5) is 15.6 Å². The second-order valence-corrected chi connectivity index (χ2v) is 7.63. The lowest BCUT2D eigenvalue weighted by Gasteiger charge is -2.19. The molecule has 0 aliphatic heterocycles. The van der Waals surface area contributed by atoms with Gasteiger partial charge in [0, 0.05) is 29.2 Å². The normalized spacial score (nSPS) is 11.2. The number of carbonyl (C=O) groups is 1. The molecule has 3 aromatic rings. The van der Waals surface area contributed by atoms with Gasteiger partial charge in [-0.25, -0.2) is 9.78 Å². The Morgan fingerprint density at radius 2 is 2.11 bits per heavy atom. The molecule has 0 saturated heterocycles. The van der Waals surface area contributed by atoms with Crippen molar-refractivity contribution in [2.45, 2.75) is 33.4 Å². The quantitative estimate of drug-likeness (QED) is 0.613. The first kappa shape index (κ1) is 19.1. The van der Waals surface area contributed by atoms with Crippen LogP contribution in [-0.2, 0) is 6.54 Å². The van der Waals surface area contributed by atoms with Crippen molar-refractivity contribution in [3.8, 4) is 11.1 Å². The number of furan rings is 1. The number of carbonyl (C=O) groups excluding carboxylic acids is 1. The van der Waals surface area contributed by atoms with Gasteiger partial charge in [0.15, 0.2) is 5.13 Å². The maximum absolute atomic E-state index is 12.3. The Kier molecular flexibility index (Phi) is 5.93. The van der Waals surface area contributed by atoms with Crippen molar-refractivity contribution >= 4 is 28.2 Å². The SMILES string of the molecule is Cc1ccc(NC(=O)Nc2nc(CN(C)C(C)C)cs2)cc1-c1ccoc1. The van der Waals surface area contributed by atoms with Gasteiger partial charge in [0.2, 0.25) is 0 Å². The van der Waals surface area contributed by atoms with Gasteiger partial charge in [-0.2, -0.15) is 0 Å². The number of rotatable bonds is 6. The van der Waals surface area contributed by atoms with E-state index in [-0.39, 0.29) is 6.03 Å². The lowest BCUT2D eigenvalue weighted by molar-refractivity contribution is 0.261. The third kappa shape index (κ3) is 4.96. The molecule has 0 unspecified atom stereocenters. The van der Waals surface area contributed by atoms with E-state index in [0.717, 1.165) is 28.9 Å². The number of hydrogen-bond donors (Lipinski definition) is 2. The number of aryl methyl sites for hydroxylation is 1. The van der Waals surface area contributed by atoms with Crippen LogP contribution in [0.1, 0.15) is 25.1 Å².